The predicted octanol–water partition coefficient (Wildman–Crippen LogP) is 1.34. The lowest BCUT2D eigenvalue weighted by atomic mass is 9.95. The summed E-state index contributed by atoms with van der Waals surface area (Å²) in [4.78, 5) is 11.7. The quantitative estimate of drug-likeness (QED) is 0.823. The average Bonchev–Trinajstić information content (AvgIpc) is 2.48. The van der Waals surface area contributed by atoms with E-state index in [4.69, 9.17) is 19.4 Å². The van der Waals surface area contributed by atoms with Crippen molar-refractivity contribution >= 4 is 5.95 Å². The maximum absolute atomic E-state index is 5.39. The first kappa shape index (κ1) is 12.8. The van der Waals surface area contributed by atoms with Gasteiger partial charge in [-0.2, -0.15) is 0 Å². The molecule has 0 amide bonds. The molecule has 19 heavy (non-hydrogen) atoms. The molecule has 0 aromatic carbocycles. The monoisotopic (exact) mass is 263 g/mol. The molecule has 1 saturated heterocycles. The molecule has 0 unspecified atom stereocenters. The number of hydrogen-bond donors (Lipinski definition) is 0. The van der Waals surface area contributed by atoms with Gasteiger partial charge in [-0.05, 0) is 31.2 Å². The largest absolute Gasteiger partial charge is 0.378 e. The number of hydrogen-bond acceptors (Lipinski definition) is 5. The van der Waals surface area contributed by atoms with Gasteiger partial charge in [-0.1, -0.05) is 0 Å². The standard InChI is InChI=1S/C14H21N3O2/c1-18-10-13-11-4-2-3-5-12(11)15-14(16-13)17-6-8-19-9-7-17/h2-10H2,1H3. The number of fused-ring (bicyclic) bond motifs is 1. The highest BCUT2D eigenvalue weighted by atomic mass is 16.5. The summed E-state index contributed by atoms with van der Waals surface area (Å²) in [5.74, 6) is 0.857. The van der Waals surface area contributed by atoms with Crippen LogP contribution in [0.1, 0.15) is 29.8 Å². The summed E-state index contributed by atoms with van der Waals surface area (Å²) in [6.45, 7) is 3.87. The lowest BCUT2D eigenvalue weighted by molar-refractivity contribution is 0.122. The first-order valence-electron chi connectivity index (χ1n) is 7.09. The van der Waals surface area contributed by atoms with Gasteiger partial charge in [-0.3, -0.25) is 0 Å². The summed E-state index contributed by atoms with van der Waals surface area (Å²) in [5.41, 5.74) is 3.63. The number of ether oxygens (including phenoxy) is 2. The van der Waals surface area contributed by atoms with Crippen molar-refractivity contribution in [2.45, 2.75) is 32.3 Å². The van der Waals surface area contributed by atoms with Crippen molar-refractivity contribution in [1.29, 1.82) is 0 Å². The van der Waals surface area contributed by atoms with Crippen molar-refractivity contribution < 1.29 is 9.47 Å². The zero-order valence-electron chi connectivity index (χ0n) is 11.5. The normalized spacial score (nSPS) is 19.3. The highest BCUT2D eigenvalue weighted by Gasteiger charge is 2.21. The molecular weight excluding hydrogens is 242 g/mol. The molecule has 2 aliphatic rings. The number of methoxy groups -OCH3 is 1. The van der Waals surface area contributed by atoms with Gasteiger partial charge in [0.2, 0.25) is 5.95 Å². The van der Waals surface area contributed by atoms with E-state index in [1.165, 1.54) is 24.1 Å². The smallest absolute Gasteiger partial charge is 0.226 e. The minimum atomic E-state index is 0.586. The Balaban J connectivity index is 1.93. The fourth-order valence-electron chi connectivity index (χ4n) is 2.82. The van der Waals surface area contributed by atoms with E-state index in [0.717, 1.165) is 50.8 Å². The van der Waals surface area contributed by atoms with E-state index in [0.29, 0.717) is 6.61 Å². The van der Waals surface area contributed by atoms with Gasteiger partial charge < -0.3 is 14.4 Å². The van der Waals surface area contributed by atoms with Crippen LogP contribution in [-0.4, -0.2) is 43.4 Å². The second-order valence-corrected chi connectivity index (χ2v) is 5.14. The molecule has 5 nitrogen and oxygen atoms in total. The molecular formula is C14H21N3O2. The molecule has 0 atom stereocenters. The summed E-state index contributed by atoms with van der Waals surface area (Å²) in [6, 6.07) is 0. The van der Waals surface area contributed by atoms with Crippen LogP contribution in [0.15, 0.2) is 0 Å². The highest BCUT2D eigenvalue weighted by Crippen LogP contribution is 2.25. The van der Waals surface area contributed by atoms with Crippen LogP contribution in [-0.2, 0) is 28.9 Å². The molecule has 104 valence electrons. The molecule has 0 spiro atoms. The number of anilines is 1. The third-order valence-electron chi connectivity index (χ3n) is 3.83. The lowest BCUT2D eigenvalue weighted by Gasteiger charge is -2.28. The van der Waals surface area contributed by atoms with E-state index in [1.54, 1.807) is 7.11 Å². The molecule has 0 bridgehead atoms. The van der Waals surface area contributed by atoms with Crippen LogP contribution >= 0.6 is 0 Å². The van der Waals surface area contributed by atoms with Crippen LogP contribution in [0.25, 0.3) is 0 Å². The fourth-order valence-corrected chi connectivity index (χ4v) is 2.82. The van der Waals surface area contributed by atoms with Crippen molar-refractivity contribution in [1.82, 2.24) is 9.97 Å². The number of nitrogens with zero attached hydrogens (tertiary/aromatic N) is 3. The molecule has 1 aliphatic carbocycles. The van der Waals surface area contributed by atoms with Crippen molar-refractivity contribution in [2.24, 2.45) is 0 Å². The zero-order chi connectivity index (χ0) is 13.1. The second kappa shape index (κ2) is 5.84. The summed E-state index contributed by atoms with van der Waals surface area (Å²) in [6.07, 6.45) is 4.65. The first-order chi connectivity index (χ1) is 9.38. The lowest BCUT2D eigenvalue weighted by Crippen LogP contribution is -2.38. The maximum Gasteiger partial charge on any atom is 0.226 e. The van der Waals surface area contributed by atoms with Gasteiger partial charge in [0, 0.05) is 25.9 Å². The van der Waals surface area contributed by atoms with Gasteiger partial charge >= 0.3 is 0 Å². The summed E-state index contributed by atoms with van der Waals surface area (Å²) in [7, 11) is 1.73. The molecule has 1 fully saturated rings. The van der Waals surface area contributed by atoms with Crippen LogP contribution in [0.5, 0.6) is 0 Å². The Kier molecular flexibility index (Phi) is 3.94. The first-order valence-corrected chi connectivity index (χ1v) is 7.09. The molecule has 1 aromatic rings. The van der Waals surface area contributed by atoms with Gasteiger partial charge in [0.1, 0.15) is 0 Å². The predicted molar refractivity (Wildman–Crippen MR) is 72.4 cm³/mol. The van der Waals surface area contributed by atoms with Crippen LogP contribution in [0.4, 0.5) is 5.95 Å². The Morgan fingerprint density at radius 2 is 1.95 bits per heavy atom. The summed E-state index contributed by atoms with van der Waals surface area (Å²) in [5, 5.41) is 0. The Morgan fingerprint density at radius 3 is 2.74 bits per heavy atom. The van der Waals surface area contributed by atoms with Crippen LogP contribution in [0.3, 0.4) is 0 Å². The summed E-state index contributed by atoms with van der Waals surface area (Å²) < 4.78 is 10.7. The van der Waals surface area contributed by atoms with E-state index >= 15 is 0 Å². The van der Waals surface area contributed by atoms with Gasteiger partial charge in [0.15, 0.2) is 0 Å². The van der Waals surface area contributed by atoms with Crippen LogP contribution in [0.2, 0.25) is 0 Å². The van der Waals surface area contributed by atoms with Gasteiger partial charge in [-0.25, -0.2) is 9.97 Å². The van der Waals surface area contributed by atoms with Gasteiger partial charge in [0.25, 0.3) is 0 Å². The van der Waals surface area contributed by atoms with E-state index in [9.17, 15) is 0 Å². The molecule has 2 heterocycles. The Bertz CT molecular complexity index is 445. The molecule has 1 aliphatic heterocycles. The van der Waals surface area contributed by atoms with Crippen molar-refractivity contribution in [3.05, 3.63) is 17.0 Å². The molecule has 5 heteroatoms. The van der Waals surface area contributed by atoms with Crippen molar-refractivity contribution in [2.75, 3.05) is 38.3 Å². The van der Waals surface area contributed by atoms with E-state index in [1.807, 2.05) is 0 Å². The third-order valence-corrected chi connectivity index (χ3v) is 3.83. The van der Waals surface area contributed by atoms with Crippen LogP contribution < -0.4 is 4.90 Å². The van der Waals surface area contributed by atoms with Crippen molar-refractivity contribution in [3.8, 4) is 0 Å². The van der Waals surface area contributed by atoms with Crippen molar-refractivity contribution in [3.63, 3.8) is 0 Å². The topological polar surface area (TPSA) is 47.5 Å². The molecule has 0 saturated carbocycles. The van der Waals surface area contributed by atoms with Crippen LogP contribution in [0, 0.1) is 0 Å². The number of rotatable bonds is 3. The minimum absolute atomic E-state index is 0.586. The third kappa shape index (κ3) is 2.72. The Labute approximate surface area is 113 Å². The zero-order valence-corrected chi connectivity index (χ0v) is 11.5. The molecule has 0 N–H and O–H groups in total. The Hall–Kier alpha value is -1.20. The van der Waals surface area contributed by atoms with Gasteiger partial charge in [0.05, 0.1) is 25.5 Å². The Morgan fingerprint density at radius 1 is 1.16 bits per heavy atom. The number of aromatic nitrogens is 2. The number of morpholine rings is 1. The SMILES string of the molecule is COCc1nc(N2CCOCC2)nc2c1CCCC2. The highest BCUT2D eigenvalue weighted by molar-refractivity contribution is 5.38. The fraction of sp³-hybridized carbons (Fsp3) is 0.714. The average molecular weight is 263 g/mol. The van der Waals surface area contributed by atoms with E-state index in [-0.39, 0.29) is 0 Å². The summed E-state index contributed by atoms with van der Waals surface area (Å²) >= 11 is 0. The molecule has 1 aromatic heterocycles. The molecule has 0 radical (unpaired) electrons. The van der Waals surface area contributed by atoms with E-state index < -0.39 is 0 Å². The minimum Gasteiger partial charge on any atom is -0.378 e. The van der Waals surface area contributed by atoms with E-state index in [2.05, 4.69) is 4.90 Å². The number of aryl methyl sites for hydroxylation is 1. The molecule has 3 rings (SSSR count). The van der Waals surface area contributed by atoms with Gasteiger partial charge in [-0.15, -0.1) is 0 Å². The second-order valence-electron chi connectivity index (χ2n) is 5.14. The maximum atomic E-state index is 5.39.